The third kappa shape index (κ3) is 1.81. The topological polar surface area (TPSA) is 66.8 Å². The summed E-state index contributed by atoms with van der Waals surface area (Å²) in [6, 6.07) is 1.27. The van der Waals surface area contributed by atoms with Crippen molar-refractivity contribution in [2.24, 2.45) is 0 Å². The molecule has 6 heteroatoms. The molecule has 1 aromatic heterocycles. The molecule has 0 bridgehead atoms. The Bertz CT molecular complexity index is 403. The first-order chi connectivity index (χ1) is 7.61. The number of carbonyl (C=O) groups excluding carboxylic acids is 1. The summed E-state index contributed by atoms with van der Waals surface area (Å²) in [6.45, 7) is -0.173. The van der Waals surface area contributed by atoms with Gasteiger partial charge < -0.3 is 14.7 Å². The van der Waals surface area contributed by atoms with Crippen LogP contribution < -0.4 is 0 Å². The number of hydrogen-bond acceptors (Lipinski definition) is 4. The van der Waals surface area contributed by atoms with Crippen molar-refractivity contribution in [3.63, 3.8) is 0 Å². The predicted octanol–water partition coefficient (Wildman–Crippen LogP) is 0.731. The number of ether oxygens (including phenoxy) is 1. The molecular formula is C10H11NO4S. The van der Waals surface area contributed by atoms with Crippen molar-refractivity contribution in [3.05, 3.63) is 22.4 Å². The van der Waals surface area contributed by atoms with Crippen LogP contribution in [0.2, 0.25) is 0 Å². The van der Waals surface area contributed by atoms with Gasteiger partial charge in [0.15, 0.2) is 6.10 Å². The Kier molecular flexibility index (Phi) is 2.93. The van der Waals surface area contributed by atoms with Crippen molar-refractivity contribution < 1.29 is 19.4 Å². The van der Waals surface area contributed by atoms with Gasteiger partial charge in [-0.3, -0.25) is 4.79 Å². The van der Waals surface area contributed by atoms with E-state index in [4.69, 9.17) is 9.84 Å². The normalized spacial score (nSPS) is 25.8. The lowest BCUT2D eigenvalue weighted by molar-refractivity contribution is -0.171. The summed E-state index contributed by atoms with van der Waals surface area (Å²) in [4.78, 5) is 24.0. The van der Waals surface area contributed by atoms with Crippen LogP contribution in [0.4, 0.5) is 0 Å². The summed E-state index contributed by atoms with van der Waals surface area (Å²) >= 11 is 1.46. The smallest absolute Gasteiger partial charge is 0.335 e. The van der Waals surface area contributed by atoms with E-state index in [2.05, 4.69) is 0 Å². The molecule has 86 valence electrons. The summed E-state index contributed by atoms with van der Waals surface area (Å²) in [5.41, 5.74) is 0.799. The van der Waals surface area contributed by atoms with Gasteiger partial charge in [-0.05, 0) is 22.4 Å². The highest BCUT2D eigenvalue weighted by atomic mass is 32.1. The Morgan fingerprint density at radius 1 is 1.69 bits per heavy atom. The molecule has 1 aromatic rings. The Morgan fingerprint density at radius 3 is 3.00 bits per heavy atom. The van der Waals surface area contributed by atoms with Crippen LogP contribution in [0.3, 0.4) is 0 Å². The SMILES string of the molecule is CN1C(=O)COC(C(=O)O)C1c1ccsc1. The van der Waals surface area contributed by atoms with E-state index in [0.717, 1.165) is 5.56 Å². The Labute approximate surface area is 96.2 Å². The molecule has 0 spiro atoms. The molecule has 0 aliphatic carbocycles. The van der Waals surface area contributed by atoms with Gasteiger partial charge in [0.25, 0.3) is 0 Å². The van der Waals surface area contributed by atoms with Gasteiger partial charge in [0.05, 0.1) is 6.04 Å². The average molecular weight is 241 g/mol. The summed E-state index contributed by atoms with van der Waals surface area (Å²) < 4.78 is 5.07. The molecule has 1 aliphatic heterocycles. The number of hydrogen-bond donors (Lipinski definition) is 1. The van der Waals surface area contributed by atoms with Crippen LogP contribution in [0.5, 0.6) is 0 Å². The number of aliphatic carboxylic acids is 1. The number of carbonyl (C=O) groups is 2. The Hall–Kier alpha value is -1.40. The zero-order chi connectivity index (χ0) is 11.7. The number of morpholine rings is 1. The van der Waals surface area contributed by atoms with Crippen LogP contribution in [-0.4, -0.2) is 41.6 Å². The quantitative estimate of drug-likeness (QED) is 0.829. The molecule has 2 heterocycles. The first-order valence-electron chi connectivity index (χ1n) is 4.73. The number of carboxylic acid groups (broad SMARTS) is 1. The second-order valence-electron chi connectivity index (χ2n) is 3.58. The van der Waals surface area contributed by atoms with Gasteiger partial charge in [-0.25, -0.2) is 4.79 Å². The molecule has 2 unspecified atom stereocenters. The highest BCUT2D eigenvalue weighted by molar-refractivity contribution is 7.08. The maximum absolute atomic E-state index is 11.5. The van der Waals surface area contributed by atoms with Crippen LogP contribution in [0, 0.1) is 0 Å². The first kappa shape index (κ1) is 11.1. The van der Waals surface area contributed by atoms with Gasteiger partial charge in [-0.1, -0.05) is 0 Å². The van der Waals surface area contributed by atoms with Crippen molar-refractivity contribution in [1.82, 2.24) is 4.90 Å². The van der Waals surface area contributed by atoms with Gasteiger partial charge in [0.1, 0.15) is 6.61 Å². The van der Waals surface area contributed by atoms with Gasteiger partial charge in [-0.15, -0.1) is 0 Å². The highest BCUT2D eigenvalue weighted by Crippen LogP contribution is 2.30. The highest BCUT2D eigenvalue weighted by Gasteiger charge is 2.40. The van der Waals surface area contributed by atoms with Crippen LogP contribution in [-0.2, 0) is 14.3 Å². The standard InChI is InChI=1S/C10H11NO4S/c1-11-7(12)4-15-9(10(13)14)8(11)6-2-3-16-5-6/h2-3,5,8-9H,4H2,1H3,(H,13,14). The van der Waals surface area contributed by atoms with E-state index in [1.54, 1.807) is 7.05 Å². The van der Waals surface area contributed by atoms with Crippen molar-refractivity contribution in [1.29, 1.82) is 0 Å². The number of rotatable bonds is 2. The molecule has 1 N–H and O–H groups in total. The third-order valence-electron chi connectivity index (χ3n) is 2.61. The summed E-state index contributed by atoms with van der Waals surface area (Å²) in [6.07, 6.45) is -0.989. The number of likely N-dealkylation sites (N-methyl/N-ethyl adjacent to an activating group) is 1. The molecule has 1 aliphatic rings. The van der Waals surface area contributed by atoms with Crippen LogP contribution in [0.15, 0.2) is 16.8 Å². The molecule has 0 saturated carbocycles. The maximum atomic E-state index is 11.5. The maximum Gasteiger partial charge on any atom is 0.335 e. The fourth-order valence-corrected chi connectivity index (χ4v) is 2.45. The Balaban J connectivity index is 2.34. The molecule has 2 atom stereocenters. The van der Waals surface area contributed by atoms with Gasteiger partial charge in [-0.2, -0.15) is 11.3 Å². The molecular weight excluding hydrogens is 230 g/mol. The fourth-order valence-electron chi connectivity index (χ4n) is 1.76. The van der Waals surface area contributed by atoms with Crippen molar-refractivity contribution >= 4 is 23.2 Å². The van der Waals surface area contributed by atoms with Crippen LogP contribution in [0.1, 0.15) is 11.6 Å². The second-order valence-corrected chi connectivity index (χ2v) is 4.36. The fraction of sp³-hybridized carbons (Fsp3) is 0.400. The lowest BCUT2D eigenvalue weighted by atomic mass is 10.0. The summed E-state index contributed by atoms with van der Waals surface area (Å²) in [5, 5.41) is 12.7. The predicted molar refractivity (Wildman–Crippen MR) is 57.2 cm³/mol. The first-order valence-corrected chi connectivity index (χ1v) is 5.67. The molecule has 1 fully saturated rings. The molecule has 0 aromatic carbocycles. The number of thiophene rings is 1. The van der Waals surface area contributed by atoms with E-state index in [-0.39, 0.29) is 12.5 Å². The Morgan fingerprint density at radius 2 is 2.44 bits per heavy atom. The minimum Gasteiger partial charge on any atom is -0.479 e. The molecule has 1 amide bonds. The molecule has 1 saturated heterocycles. The largest absolute Gasteiger partial charge is 0.479 e. The lowest BCUT2D eigenvalue weighted by Crippen LogP contribution is -2.49. The van der Waals surface area contributed by atoms with Gasteiger partial charge in [0, 0.05) is 7.05 Å². The molecule has 5 nitrogen and oxygen atoms in total. The van der Waals surface area contributed by atoms with E-state index < -0.39 is 18.1 Å². The van der Waals surface area contributed by atoms with Crippen molar-refractivity contribution in [2.45, 2.75) is 12.1 Å². The molecule has 2 rings (SSSR count). The third-order valence-corrected chi connectivity index (χ3v) is 3.31. The molecule has 0 radical (unpaired) electrons. The lowest BCUT2D eigenvalue weighted by Gasteiger charge is -2.36. The monoisotopic (exact) mass is 241 g/mol. The summed E-state index contributed by atoms with van der Waals surface area (Å²) in [7, 11) is 1.60. The average Bonchev–Trinajstić information content (AvgIpc) is 2.74. The minimum atomic E-state index is -1.05. The van der Waals surface area contributed by atoms with Crippen molar-refractivity contribution in [3.8, 4) is 0 Å². The van der Waals surface area contributed by atoms with E-state index >= 15 is 0 Å². The van der Waals surface area contributed by atoms with Crippen LogP contribution in [0.25, 0.3) is 0 Å². The number of nitrogens with zero attached hydrogens (tertiary/aromatic N) is 1. The number of carboxylic acids is 1. The summed E-state index contributed by atoms with van der Waals surface area (Å²) in [5.74, 6) is -1.25. The van der Waals surface area contributed by atoms with E-state index in [1.807, 2.05) is 16.8 Å². The van der Waals surface area contributed by atoms with Gasteiger partial charge in [0.2, 0.25) is 5.91 Å². The van der Waals surface area contributed by atoms with E-state index in [1.165, 1.54) is 16.2 Å². The number of amides is 1. The van der Waals surface area contributed by atoms with E-state index in [9.17, 15) is 9.59 Å². The molecule has 16 heavy (non-hydrogen) atoms. The van der Waals surface area contributed by atoms with Crippen LogP contribution >= 0.6 is 11.3 Å². The van der Waals surface area contributed by atoms with Crippen molar-refractivity contribution in [2.75, 3.05) is 13.7 Å². The second kappa shape index (κ2) is 4.23. The van der Waals surface area contributed by atoms with Gasteiger partial charge >= 0.3 is 5.97 Å². The van der Waals surface area contributed by atoms with E-state index in [0.29, 0.717) is 0 Å². The minimum absolute atomic E-state index is 0.173. The zero-order valence-corrected chi connectivity index (χ0v) is 9.44. The zero-order valence-electron chi connectivity index (χ0n) is 8.62.